The van der Waals surface area contributed by atoms with Gasteiger partial charge in [-0.1, -0.05) is 6.07 Å². The summed E-state index contributed by atoms with van der Waals surface area (Å²) in [5.41, 5.74) is 7.48. The van der Waals surface area contributed by atoms with E-state index in [1.54, 1.807) is 12.4 Å². The van der Waals surface area contributed by atoms with Crippen molar-refractivity contribution in [2.75, 3.05) is 36.5 Å². The van der Waals surface area contributed by atoms with Crippen LogP contribution in [0.4, 0.5) is 11.4 Å². The summed E-state index contributed by atoms with van der Waals surface area (Å²) < 4.78 is 9.43. The van der Waals surface area contributed by atoms with Gasteiger partial charge in [-0.15, -0.1) is 0 Å². The number of carbonyl (C=O) groups excluding carboxylic acids is 1. The Bertz CT molecular complexity index is 1390. The Morgan fingerprint density at radius 1 is 1.06 bits per heavy atom. The monoisotopic (exact) mass is 472 g/mol. The van der Waals surface area contributed by atoms with E-state index in [2.05, 4.69) is 76.8 Å². The largest absolute Gasteiger partial charge is 0.378 e. The Balaban J connectivity index is 1.51. The number of morpholine rings is 1. The highest BCUT2D eigenvalue weighted by molar-refractivity contribution is 6.04. The lowest BCUT2D eigenvalue weighted by Gasteiger charge is -2.29. The molecule has 182 valence electrons. The van der Waals surface area contributed by atoms with Crippen LogP contribution in [0.1, 0.15) is 42.3 Å². The summed E-state index contributed by atoms with van der Waals surface area (Å²) in [6.45, 7) is 13.4. The summed E-state index contributed by atoms with van der Waals surface area (Å²) in [5.74, 6) is -0.169. The predicted octanol–water partition coefficient (Wildman–Crippen LogP) is 4.66. The van der Waals surface area contributed by atoms with Gasteiger partial charge in [0.1, 0.15) is 0 Å². The molecule has 35 heavy (non-hydrogen) atoms. The number of carbonyl (C=O) groups is 1. The molecule has 0 aliphatic carbocycles. The second kappa shape index (κ2) is 8.85. The second-order valence-corrected chi connectivity index (χ2v) is 10.2. The van der Waals surface area contributed by atoms with E-state index in [1.807, 2.05) is 24.0 Å². The van der Waals surface area contributed by atoms with Crippen molar-refractivity contribution in [1.82, 2.24) is 19.2 Å². The van der Waals surface area contributed by atoms with E-state index in [1.165, 1.54) is 0 Å². The highest BCUT2D eigenvalue weighted by Gasteiger charge is 2.20. The number of rotatable bonds is 4. The molecule has 1 aliphatic rings. The van der Waals surface area contributed by atoms with Crippen LogP contribution in [0.2, 0.25) is 0 Å². The lowest BCUT2D eigenvalue weighted by atomic mass is 9.97. The number of nitrogens with one attached hydrogen (secondary N) is 1. The molecule has 1 aromatic carbocycles. The minimum atomic E-state index is -0.185. The van der Waals surface area contributed by atoms with E-state index in [0.717, 1.165) is 52.4 Å². The van der Waals surface area contributed by atoms with Gasteiger partial charge in [-0.05, 0) is 63.4 Å². The number of pyridine rings is 1. The zero-order valence-electron chi connectivity index (χ0n) is 21.0. The van der Waals surface area contributed by atoms with Gasteiger partial charge in [-0.3, -0.25) is 9.48 Å². The first-order valence-electron chi connectivity index (χ1n) is 12.0. The molecule has 1 saturated heterocycles. The van der Waals surface area contributed by atoms with Crippen molar-refractivity contribution in [2.24, 2.45) is 0 Å². The van der Waals surface area contributed by atoms with Crippen LogP contribution in [0.5, 0.6) is 0 Å². The molecule has 0 unspecified atom stereocenters. The van der Waals surface area contributed by atoms with Crippen molar-refractivity contribution in [2.45, 2.75) is 40.2 Å². The van der Waals surface area contributed by atoms with Gasteiger partial charge in [0.15, 0.2) is 5.65 Å². The van der Waals surface area contributed by atoms with Gasteiger partial charge in [0.25, 0.3) is 5.91 Å². The van der Waals surface area contributed by atoms with Crippen LogP contribution < -0.4 is 10.2 Å². The third-order valence-electron chi connectivity index (χ3n) is 6.48. The third-order valence-corrected chi connectivity index (χ3v) is 6.48. The molecule has 8 nitrogen and oxygen atoms in total. The van der Waals surface area contributed by atoms with E-state index < -0.39 is 0 Å². The lowest BCUT2D eigenvalue weighted by Crippen LogP contribution is -2.36. The van der Waals surface area contributed by atoms with Gasteiger partial charge in [0.05, 0.1) is 36.2 Å². The smallest absolute Gasteiger partial charge is 0.258 e. The number of aromatic nitrogens is 4. The number of hydrogen-bond acceptors (Lipinski definition) is 5. The van der Waals surface area contributed by atoms with Crippen molar-refractivity contribution < 1.29 is 9.53 Å². The lowest BCUT2D eigenvalue weighted by molar-refractivity contribution is 0.102. The molecule has 1 N–H and O–H groups in total. The standard InChI is InChI=1S/C27H32N6O2/c1-18-12-19(2)23(30-26(34)21-15-29-33(17-21)27(3,4)5)14-22(18)20-13-24(31-8-10-35-11-9-31)25-28-6-7-32(25)16-20/h6-7,12-17H,8-11H2,1-5H3,(H,30,34). The van der Waals surface area contributed by atoms with Crippen molar-refractivity contribution >= 4 is 22.9 Å². The fraction of sp³-hybridized carbons (Fsp3) is 0.370. The van der Waals surface area contributed by atoms with E-state index in [9.17, 15) is 4.79 Å². The number of amides is 1. The molecule has 5 rings (SSSR count). The number of aryl methyl sites for hydroxylation is 2. The van der Waals surface area contributed by atoms with Crippen LogP contribution in [-0.4, -0.2) is 51.4 Å². The van der Waals surface area contributed by atoms with Crippen LogP contribution in [0.25, 0.3) is 16.8 Å². The number of ether oxygens (including phenoxy) is 1. The summed E-state index contributed by atoms with van der Waals surface area (Å²) in [7, 11) is 0. The van der Waals surface area contributed by atoms with Crippen molar-refractivity contribution in [1.29, 1.82) is 0 Å². The van der Waals surface area contributed by atoms with Gasteiger partial charge in [-0.25, -0.2) is 4.98 Å². The molecule has 4 heterocycles. The first-order valence-corrected chi connectivity index (χ1v) is 12.0. The minimum absolute atomic E-state index is 0.169. The van der Waals surface area contributed by atoms with Crippen LogP contribution >= 0.6 is 0 Å². The third kappa shape index (κ3) is 4.53. The van der Waals surface area contributed by atoms with E-state index >= 15 is 0 Å². The van der Waals surface area contributed by atoms with Crippen molar-refractivity contribution in [3.8, 4) is 11.1 Å². The molecule has 4 aromatic rings. The molecule has 0 spiro atoms. The summed E-state index contributed by atoms with van der Waals surface area (Å²) in [4.78, 5) is 20.0. The molecule has 1 fully saturated rings. The van der Waals surface area contributed by atoms with Crippen LogP contribution in [0.15, 0.2) is 49.2 Å². The topological polar surface area (TPSA) is 76.7 Å². The van der Waals surface area contributed by atoms with Crippen LogP contribution in [0, 0.1) is 13.8 Å². The SMILES string of the molecule is Cc1cc(C)c(-c2cc(N3CCOCC3)c3nccn3c2)cc1NC(=O)c1cnn(C(C)(C)C)c1. The Morgan fingerprint density at radius 2 is 1.83 bits per heavy atom. The first-order chi connectivity index (χ1) is 16.7. The summed E-state index contributed by atoms with van der Waals surface area (Å²) in [6.07, 6.45) is 9.31. The number of hydrogen-bond donors (Lipinski definition) is 1. The highest BCUT2D eigenvalue weighted by atomic mass is 16.5. The van der Waals surface area contributed by atoms with Gasteiger partial charge in [-0.2, -0.15) is 5.10 Å². The van der Waals surface area contributed by atoms with E-state index in [-0.39, 0.29) is 11.4 Å². The van der Waals surface area contributed by atoms with E-state index in [0.29, 0.717) is 18.8 Å². The Kier molecular flexibility index (Phi) is 5.84. The van der Waals surface area contributed by atoms with Gasteiger partial charge >= 0.3 is 0 Å². The zero-order chi connectivity index (χ0) is 24.7. The van der Waals surface area contributed by atoms with Crippen molar-refractivity contribution in [3.05, 3.63) is 65.9 Å². The first kappa shape index (κ1) is 23.1. The number of nitrogens with zero attached hydrogens (tertiary/aromatic N) is 5. The Labute approximate surface area is 205 Å². The van der Waals surface area contributed by atoms with E-state index in [4.69, 9.17) is 4.74 Å². The Morgan fingerprint density at radius 3 is 2.54 bits per heavy atom. The molecule has 0 bridgehead atoms. The van der Waals surface area contributed by atoms with Gasteiger partial charge in [0.2, 0.25) is 0 Å². The molecular weight excluding hydrogens is 440 g/mol. The zero-order valence-corrected chi connectivity index (χ0v) is 21.0. The fourth-order valence-electron chi connectivity index (χ4n) is 4.50. The summed E-state index contributed by atoms with van der Waals surface area (Å²) in [6, 6.07) is 6.39. The van der Waals surface area contributed by atoms with Gasteiger partial charge in [0, 0.05) is 49.1 Å². The van der Waals surface area contributed by atoms with Crippen LogP contribution in [0.3, 0.4) is 0 Å². The molecule has 0 saturated carbocycles. The summed E-state index contributed by atoms with van der Waals surface area (Å²) in [5, 5.41) is 7.46. The number of benzene rings is 1. The normalized spacial score (nSPS) is 14.5. The number of fused-ring (bicyclic) bond motifs is 1. The highest BCUT2D eigenvalue weighted by Crippen LogP contribution is 2.33. The predicted molar refractivity (Wildman–Crippen MR) is 138 cm³/mol. The average molecular weight is 473 g/mol. The van der Waals surface area contributed by atoms with Crippen molar-refractivity contribution in [3.63, 3.8) is 0 Å². The number of anilines is 2. The molecule has 1 amide bonds. The fourth-order valence-corrected chi connectivity index (χ4v) is 4.50. The second-order valence-electron chi connectivity index (χ2n) is 10.2. The maximum Gasteiger partial charge on any atom is 0.258 e. The van der Waals surface area contributed by atoms with Crippen LogP contribution in [-0.2, 0) is 10.3 Å². The maximum absolute atomic E-state index is 13.0. The molecular formula is C27H32N6O2. The molecule has 0 radical (unpaired) electrons. The molecule has 3 aromatic heterocycles. The van der Waals surface area contributed by atoms with Gasteiger partial charge < -0.3 is 19.4 Å². The maximum atomic E-state index is 13.0. The quantitative estimate of drug-likeness (QED) is 0.468. The Hall–Kier alpha value is -3.65. The minimum Gasteiger partial charge on any atom is -0.378 e. The average Bonchev–Trinajstić information content (AvgIpc) is 3.50. The molecule has 8 heteroatoms. The number of imidazole rings is 1. The molecule has 1 aliphatic heterocycles. The molecule has 0 atom stereocenters. The summed E-state index contributed by atoms with van der Waals surface area (Å²) >= 11 is 0.